The van der Waals surface area contributed by atoms with Gasteiger partial charge in [-0.1, -0.05) is 23.7 Å². The number of nitrogens with two attached hydrogens (primary N) is 1. The van der Waals surface area contributed by atoms with Gasteiger partial charge in [-0.05, 0) is 30.7 Å². The van der Waals surface area contributed by atoms with Crippen LogP contribution in [0.15, 0.2) is 42.7 Å². The van der Waals surface area contributed by atoms with Crippen LogP contribution in [0.4, 0.5) is 0 Å². The molecule has 5 heteroatoms. The summed E-state index contributed by atoms with van der Waals surface area (Å²) in [4.78, 5) is 20.5. The fourth-order valence-electron chi connectivity index (χ4n) is 2.37. The molecule has 1 amide bonds. The van der Waals surface area contributed by atoms with E-state index in [2.05, 4.69) is 9.97 Å². The molecular formula is C16H12ClN3O. The molecule has 104 valence electrons. The van der Waals surface area contributed by atoms with Crippen molar-refractivity contribution in [1.29, 1.82) is 0 Å². The van der Waals surface area contributed by atoms with E-state index in [0.717, 1.165) is 16.5 Å². The van der Waals surface area contributed by atoms with Crippen LogP contribution < -0.4 is 5.73 Å². The highest BCUT2D eigenvalue weighted by Gasteiger charge is 2.20. The van der Waals surface area contributed by atoms with Gasteiger partial charge in [0, 0.05) is 23.3 Å². The van der Waals surface area contributed by atoms with E-state index >= 15 is 0 Å². The highest BCUT2D eigenvalue weighted by atomic mass is 35.5. The maximum absolute atomic E-state index is 11.8. The molecule has 3 aromatic rings. The van der Waals surface area contributed by atoms with Crippen molar-refractivity contribution in [3.05, 3.63) is 58.9 Å². The largest absolute Gasteiger partial charge is 0.365 e. The van der Waals surface area contributed by atoms with E-state index in [4.69, 9.17) is 17.3 Å². The lowest BCUT2D eigenvalue weighted by Gasteiger charge is -2.12. The van der Waals surface area contributed by atoms with Crippen molar-refractivity contribution in [2.45, 2.75) is 6.92 Å². The van der Waals surface area contributed by atoms with Gasteiger partial charge >= 0.3 is 0 Å². The number of aryl methyl sites for hydroxylation is 1. The monoisotopic (exact) mass is 297 g/mol. The van der Waals surface area contributed by atoms with Gasteiger partial charge in [0.25, 0.3) is 5.91 Å². The second kappa shape index (κ2) is 5.14. The number of aromatic nitrogens is 2. The van der Waals surface area contributed by atoms with Crippen LogP contribution in [0.3, 0.4) is 0 Å². The third kappa shape index (κ3) is 2.23. The number of nitrogens with zero attached hydrogens (tertiary/aromatic N) is 2. The average Bonchev–Trinajstić information content (AvgIpc) is 2.47. The smallest absolute Gasteiger partial charge is 0.252 e. The minimum Gasteiger partial charge on any atom is -0.365 e. The number of pyridine rings is 2. The maximum atomic E-state index is 11.8. The fraction of sp³-hybridized carbons (Fsp3) is 0.0625. The number of halogens is 1. The average molecular weight is 298 g/mol. The minimum atomic E-state index is -0.600. The van der Waals surface area contributed by atoms with E-state index in [1.165, 1.54) is 0 Å². The van der Waals surface area contributed by atoms with E-state index in [1.54, 1.807) is 18.5 Å². The van der Waals surface area contributed by atoms with Gasteiger partial charge in [-0.3, -0.25) is 9.78 Å². The number of carbonyl (C=O) groups is 1. The summed E-state index contributed by atoms with van der Waals surface area (Å²) in [5.41, 5.74) is 8.58. The Morgan fingerprint density at radius 2 is 2.05 bits per heavy atom. The minimum absolute atomic E-state index is 0.228. The van der Waals surface area contributed by atoms with Gasteiger partial charge in [0.05, 0.1) is 21.8 Å². The first-order valence-electron chi connectivity index (χ1n) is 6.38. The predicted molar refractivity (Wildman–Crippen MR) is 83.2 cm³/mol. The molecule has 0 bridgehead atoms. The van der Waals surface area contributed by atoms with Gasteiger partial charge in [-0.25, -0.2) is 4.98 Å². The molecule has 0 saturated carbocycles. The quantitative estimate of drug-likeness (QED) is 0.788. The summed E-state index contributed by atoms with van der Waals surface area (Å²) in [6.07, 6.45) is 3.28. The Kier molecular flexibility index (Phi) is 3.31. The first kappa shape index (κ1) is 13.5. The zero-order valence-corrected chi connectivity index (χ0v) is 12.1. The Morgan fingerprint density at radius 3 is 2.71 bits per heavy atom. The van der Waals surface area contributed by atoms with Crippen molar-refractivity contribution in [2.75, 3.05) is 0 Å². The summed E-state index contributed by atoms with van der Waals surface area (Å²) >= 11 is 6.44. The van der Waals surface area contributed by atoms with Crippen LogP contribution in [-0.2, 0) is 0 Å². The molecule has 1 aromatic carbocycles. The number of carbonyl (C=O) groups excluding carboxylic acids is 1. The Morgan fingerprint density at radius 1 is 1.24 bits per heavy atom. The molecule has 2 aromatic heterocycles. The molecule has 0 atom stereocenters. The first-order chi connectivity index (χ1) is 10.1. The number of benzene rings is 1. The lowest BCUT2D eigenvalue weighted by Crippen LogP contribution is -2.14. The standard InChI is InChI=1S/C16H12ClN3O/c1-9-4-2-6-11-12(9)14(17)13(16(18)21)15(20-11)10-5-3-7-19-8-10/h2-8H,1H3,(H2,18,21). The Balaban J connectivity index is 2.45. The highest BCUT2D eigenvalue weighted by Crippen LogP contribution is 2.34. The summed E-state index contributed by atoms with van der Waals surface area (Å²) in [7, 11) is 0. The first-order valence-corrected chi connectivity index (χ1v) is 6.76. The number of hydrogen-bond acceptors (Lipinski definition) is 3. The van der Waals surface area contributed by atoms with E-state index < -0.39 is 5.91 Å². The number of fused-ring (bicyclic) bond motifs is 1. The van der Waals surface area contributed by atoms with Crippen molar-refractivity contribution in [3.63, 3.8) is 0 Å². The molecule has 0 radical (unpaired) electrons. The third-order valence-corrected chi connectivity index (χ3v) is 3.72. The van der Waals surface area contributed by atoms with Crippen molar-refractivity contribution >= 4 is 28.4 Å². The molecule has 0 aliphatic rings. The summed E-state index contributed by atoms with van der Waals surface area (Å²) in [5.74, 6) is -0.600. The molecule has 0 spiro atoms. The Labute approximate surface area is 126 Å². The molecule has 4 nitrogen and oxygen atoms in total. The molecule has 3 rings (SSSR count). The van der Waals surface area contributed by atoms with Crippen LogP contribution in [0.1, 0.15) is 15.9 Å². The second-order valence-electron chi connectivity index (χ2n) is 4.72. The van der Waals surface area contributed by atoms with Crippen LogP contribution in [0, 0.1) is 6.92 Å². The van der Waals surface area contributed by atoms with E-state index in [1.807, 2.05) is 31.2 Å². The predicted octanol–water partition coefficient (Wildman–Crippen LogP) is 3.36. The van der Waals surface area contributed by atoms with Crippen molar-refractivity contribution in [3.8, 4) is 11.3 Å². The number of hydrogen-bond donors (Lipinski definition) is 1. The molecule has 21 heavy (non-hydrogen) atoms. The molecule has 2 N–H and O–H groups in total. The van der Waals surface area contributed by atoms with Crippen LogP contribution in [0.5, 0.6) is 0 Å². The van der Waals surface area contributed by atoms with Gasteiger partial charge < -0.3 is 5.73 Å². The maximum Gasteiger partial charge on any atom is 0.252 e. The molecule has 0 aliphatic carbocycles. The molecule has 0 fully saturated rings. The fourth-order valence-corrected chi connectivity index (χ4v) is 2.80. The number of amides is 1. The van der Waals surface area contributed by atoms with E-state index in [9.17, 15) is 4.79 Å². The van der Waals surface area contributed by atoms with Gasteiger partial charge in [0.2, 0.25) is 0 Å². The molecule has 0 aliphatic heterocycles. The van der Waals surface area contributed by atoms with E-state index in [0.29, 0.717) is 16.3 Å². The van der Waals surface area contributed by atoms with Crippen LogP contribution >= 0.6 is 11.6 Å². The Bertz CT molecular complexity index is 847. The molecule has 2 heterocycles. The number of rotatable bonds is 2. The lowest BCUT2D eigenvalue weighted by atomic mass is 10.0. The topological polar surface area (TPSA) is 68.9 Å². The SMILES string of the molecule is Cc1cccc2nc(-c3cccnc3)c(C(N)=O)c(Cl)c12. The van der Waals surface area contributed by atoms with Crippen molar-refractivity contribution < 1.29 is 4.79 Å². The normalized spacial score (nSPS) is 10.8. The van der Waals surface area contributed by atoms with Crippen LogP contribution in [0.2, 0.25) is 5.02 Å². The lowest BCUT2D eigenvalue weighted by molar-refractivity contribution is 0.100. The highest BCUT2D eigenvalue weighted by molar-refractivity contribution is 6.39. The van der Waals surface area contributed by atoms with Crippen LogP contribution in [-0.4, -0.2) is 15.9 Å². The second-order valence-corrected chi connectivity index (χ2v) is 5.10. The van der Waals surface area contributed by atoms with Gasteiger partial charge in [-0.2, -0.15) is 0 Å². The van der Waals surface area contributed by atoms with Crippen molar-refractivity contribution in [1.82, 2.24) is 9.97 Å². The summed E-state index contributed by atoms with van der Waals surface area (Å²) < 4.78 is 0. The van der Waals surface area contributed by atoms with Crippen molar-refractivity contribution in [2.24, 2.45) is 5.73 Å². The summed E-state index contributed by atoms with van der Waals surface area (Å²) in [6, 6.07) is 9.27. The van der Waals surface area contributed by atoms with Crippen LogP contribution in [0.25, 0.3) is 22.2 Å². The van der Waals surface area contributed by atoms with E-state index in [-0.39, 0.29) is 5.56 Å². The van der Waals surface area contributed by atoms with Gasteiger partial charge in [-0.15, -0.1) is 0 Å². The Hall–Kier alpha value is -2.46. The van der Waals surface area contributed by atoms with Gasteiger partial charge in [0.1, 0.15) is 0 Å². The summed E-state index contributed by atoms with van der Waals surface area (Å²) in [6.45, 7) is 1.92. The number of primary amides is 1. The molecule has 0 saturated heterocycles. The zero-order valence-electron chi connectivity index (χ0n) is 11.3. The molecular weight excluding hydrogens is 286 g/mol. The third-order valence-electron chi connectivity index (χ3n) is 3.34. The summed E-state index contributed by atoms with van der Waals surface area (Å²) in [5, 5.41) is 1.09. The zero-order chi connectivity index (χ0) is 15.0. The molecule has 0 unspecified atom stereocenters. The van der Waals surface area contributed by atoms with Gasteiger partial charge in [0.15, 0.2) is 0 Å².